The number of nitro groups is 1. The molecule has 0 saturated heterocycles. The van der Waals surface area contributed by atoms with E-state index < -0.39 is 25.5 Å². The van der Waals surface area contributed by atoms with Gasteiger partial charge in [-0.1, -0.05) is 25.4 Å². The summed E-state index contributed by atoms with van der Waals surface area (Å²) in [7, 11) is -4.01. The topological polar surface area (TPSA) is 115 Å². The molecule has 7 nitrogen and oxygen atoms in total. The van der Waals surface area contributed by atoms with E-state index >= 15 is 0 Å². The molecule has 1 rings (SSSR count). The second-order valence-electron chi connectivity index (χ2n) is 5.11. The molecule has 1 unspecified atom stereocenters. The molecule has 1 aromatic carbocycles. The maximum Gasteiger partial charge on any atom is 0.290 e. The molecule has 0 bridgehead atoms. The summed E-state index contributed by atoms with van der Waals surface area (Å²) in [5.74, 6) is 0.328. The minimum absolute atomic E-state index is 0.0142. The fraction of sp³-hybridized carbons (Fsp3) is 0.500. The van der Waals surface area contributed by atoms with Crippen LogP contribution in [0.4, 0.5) is 5.69 Å². The van der Waals surface area contributed by atoms with Crippen LogP contribution >= 0.6 is 11.6 Å². The van der Waals surface area contributed by atoms with E-state index in [0.717, 1.165) is 12.1 Å². The van der Waals surface area contributed by atoms with Crippen molar-refractivity contribution in [3.05, 3.63) is 33.3 Å². The molecule has 0 saturated carbocycles. The van der Waals surface area contributed by atoms with E-state index in [9.17, 15) is 18.5 Å². The zero-order valence-electron chi connectivity index (χ0n) is 11.7. The molecule has 0 spiro atoms. The van der Waals surface area contributed by atoms with Crippen LogP contribution in [-0.2, 0) is 10.0 Å². The molecule has 0 heterocycles. The summed E-state index contributed by atoms with van der Waals surface area (Å²) < 4.78 is 26.6. The van der Waals surface area contributed by atoms with Gasteiger partial charge in [0.05, 0.1) is 4.92 Å². The van der Waals surface area contributed by atoms with Crippen molar-refractivity contribution < 1.29 is 13.3 Å². The number of hydrogen-bond donors (Lipinski definition) is 2. The first-order valence-corrected chi connectivity index (χ1v) is 8.18. The zero-order chi connectivity index (χ0) is 16.2. The Morgan fingerprint density at radius 1 is 1.43 bits per heavy atom. The summed E-state index contributed by atoms with van der Waals surface area (Å²) in [6.07, 6.45) is 0.644. The number of hydrogen-bond acceptors (Lipinski definition) is 5. The summed E-state index contributed by atoms with van der Waals surface area (Å²) in [5, 5.41) is 11.0. The Bertz CT molecular complexity index is 619. The zero-order valence-corrected chi connectivity index (χ0v) is 13.3. The molecule has 0 aromatic heterocycles. The third-order valence-electron chi connectivity index (χ3n) is 2.72. The Balaban J connectivity index is 2.96. The van der Waals surface area contributed by atoms with Crippen LogP contribution in [0.15, 0.2) is 23.1 Å². The van der Waals surface area contributed by atoms with Crippen LogP contribution in [0, 0.1) is 16.0 Å². The van der Waals surface area contributed by atoms with E-state index in [2.05, 4.69) is 4.72 Å². The third kappa shape index (κ3) is 5.24. The van der Waals surface area contributed by atoms with Crippen LogP contribution in [0.1, 0.15) is 20.3 Å². The number of sulfonamides is 1. The van der Waals surface area contributed by atoms with E-state index in [4.69, 9.17) is 17.3 Å². The van der Waals surface area contributed by atoms with E-state index in [-0.39, 0.29) is 17.6 Å². The first kappa shape index (κ1) is 17.8. The van der Waals surface area contributed by atoms with Gasteiger partial charge in [-0.05, 0) is 24.5 Å². The SMILES string of the molecule is CC(C)CC(N)CNS(=O)(=O)c1ccc(Cl)cc1[N+](=O)[O-]. The van der Waals surface area contributed by atoms with Gasteiger partial charge in [-0.25, -0.2) is 13.1 Å². The average Bonchev–Trinajstić information content (AvgIpc) is 2.35. The van der Waals surface area contributed by atoms with Gasteiger partial charge in [0, 0.05) is 23.7 Å². The van der Waals surface area contributed by atoms with Crippen molar-refractivity contribution in [2.75, 3.05) is 6.54 Å². The van der Waals surface area contributed by atoms with Crippen LogP contribution in [-0.4, -0.2) is 25.9 Å². The van der Waals surface area contributed by atoms with Gasteiger partial charge < -0.3 is 5.73 Å². The normalized spacial score (nSPS) is 13.4. The quantitative estimate of drug-likeness (QED) is 0.583. The molecule has 1 atom stereocenters. The molecular weight excluding hydrogens is 318 g/mol. The Kier molecular flexibility index (Phi) is 6.09. The van der Waals surface area contributed by atoms with E-state index in [0.29, 0.717) is 12.3 Å². The molecule has 0 aliphatic rings. The molecule has 0 aliphatic carbocycles. The molecule has 21 heavy (non-hydrogen) atoms. The molecular formula is C12H18ClN3O4S. The van der Waals surface area contributed by atoms with Gasteiger partial charge in [-0.15, -0.1) is 0 Å². The van der Waals surface area contributed by atoms with Crippen LogP contribution in [0.2, 0.25) is 5.02 Å². The van der Waals surface area contributed by atoms with E-state index in [1.807, 2.05) is 13.8 Å². The van der Waals surface area contributed by atoms with Crippen molar-refractivity contribution in [1.29, 1.82) is 0 Å². The number of nitro benzene ring substituents is 1. The number of rotatable bonds is 7. The summed E-state index contributed by atoms with van der Waals surface area (Å²) in [4.78, 5) is 9.73. The highest BCUT2D eigenvalue weighted by Crippen LogP contribution is 2.26. The van der Waals surface area contributed by atoms with Gasteiger partial charge >= 0.3 is 0 Å². The summed E-state index contributed by atoms with van der Waals surface area (Å²) in [6, 6.07) is 3.05. The highest BCUT2D eigenvalue weighted by molar-refractivity contribution is 7.89. The lowest BCUT2D eigenvalue weighted by Crippen LogP contribution is -2.38. The third-order valence-corrected chi connectivity index (χ3v) is 4.42. The van der Waals surface area contributed by atoms with Gasteiger partial charge in [0.2, 0.25) is 10.0 Å². The minimum Gasteiger partial charge on any atom is -0.327 e. The van der Waals surface area contributed by atoms with E-state index in [1.165, 1.54) is 6.07 Å². The van der Waals surface area contributed by atoms with Crippen molar-refractivity contribution in [1.82, 2.24) is 4.72 Å². The Labute approximate surface area is 128 Å². The molecule has 0 aliphatic heterocycles. The Morgan fingerprint density at radius 2 is 2.05 bits per heavy atom. The number of nitrogens with two attached hydrogens (primary N) is 1. The second-order valence-corrected chi connectivity index (χ2v) is 7.28. The maximum atomic E-state index is 12.1. The monoisotopic (exact) mass is 335 g/mol. The highest BCUT2D eigenvalue weighted by Gasteiger charge is 2.26. The molecule has 0 amide bonds. The van der Waals surface area contributed by atoms with Crippen LogP contribution in [0.25, 0.3) is 0 Å². The fourth-order valence-electron chi connectivity index (χ4n) is 1.84. The average molecular weight is 336 g/mol. The highest BCUT2D eigenvalue weighted by atomic mass is 35.5. The largest absolute Gasteiger partial charge is 0.327 e. The van der Waals surface area contributed by atoms with Crippen molar-refractivity contribution in [3.63, 3.8) is 0 Å². The molecule has 0 fully saturated rings. The second kappa shape index (κ2) is 7.17. The van der Waals surface area contributed by atoms with Gasteiger partial charge in [-0.3, -0.25) is 10.1 Å². The van der Waals surface area contributed by atoms with E-state index in [1.54, 1.807) is 0 Å². The number of nitrogens with one attached hydrogen (secondary N) is 1. The molecule has 9 heteroatoms. The first-order chi connectivity index (χ1) is 9.63. The Hall–Kier alpha value is -1.22. The van der Waals surface area contributed by atoms with Crippen molar-refractivity contribution >= 4 is 27.3 Å². The summed E-state index contributed by atoms with van der Waals surface area (Å²) in [5.41, 5.74) is 5.24. The van der Waals surface area contributed by atoms with Gasteiger partial charge in [0.25, 0.3) is 5.69 Å². The summed E-state index contributed by atoms with van der Waals surface area (Å²) >= 11 is 5.66. The fourth-order valence-corrected chi connectivity index (χ4v) is 3.26. The lowest BCUT2D eigenvalue weighted by molar-refractivity contribution is -0.387. The molecule has 0 radical (unpaired) electrons. The maximum absolute atomic E-state index is 12.1. The standard InChI is InChI=1S/C12H18ClN3O4S/c1-8(2)5-10(14)7-15-21(19,20)12-4-3-9(13)6-11(12)16(17)18/h3-4,6,8,10,15H,5,7,14H2,1-2H3. The predicted octanol–water partition coefficient (Wildman–Crippen LogP) is 1.90. The van der Waals surface area contributed by atoms with Crippen molar-refractivity contribution in [2.45, 2.75) is 31.2 Å². The molecule has 1 aromatic rings. The van der Waals surface area contributed by atoms with Crippen LogP contribution in [0.3, 0.4) is 0 Å². The molecule has 3 N–H and O–H groups in total. The number of nitrogens with zero attached hydrogens (tertiary/aromatic N) is 1. The van der Waals surface area contributed by atoms with Crippen LogP contribution in [0.5, 0.6) is 0 Å². The van der Waals surface area contributed by atoms with Crippen molar-refractivity contribution in [2.24, 2.45) is 11.7 Å². The first-order valence-electron chi connectivity index (χ1n) is 6.32. The van der Waals surface area contributed by atoms with Crippen LogP contribution < -0.4 is 10.5 Å². The van der Waals surface area contributed by atoms with Gasteiger partial charge in [0.1, 0.15) is 0 Å². The van der Waals surface area contributed by atoms with Crippen molar-refractivity contribution in [3.8, 4) is 0 Å². The minimum atomic E-state index is -4.01. The molecule has 118 valence electrons. The number of benzene rings is 1. The van der Waals surface area contributed by atoms with Gasteiger partial charge in [0.15, 0.2) is 4.90 Å². The predicted molar refractivity (Wildman–Crippen MR) is 80.7 cm³/mol. The lowest BCUT2D eigenvalue weighted by Gasteiger charge is -2.15. The smallest absolute Gasteiger partial charge is 0.290 e. The number of halogens is 1. The van der Waals surface area contributed by atoms with Gasteiger partial charge in [-0.2, -0.15) is 0 Å². The lowest BCUT2D eigenvalue weighted by atomic mass is 10.1. The summed E-state index contributed by atoms with van der Waals surface area (Å²) in [6.45, 7) is 3.96. The Morgan fingerprint density at radius 3 is 2.57 bits per heavy atom.